The smallest absolute Gasteiger partial charge is 0.260 e. The molecule has 0 aromatic carbocycles. The Kier molecular flexibility index (Phi) is 2.39. The number of nitrogens with one attached hydrogen (secondary N) is 2. The summed E-state index contributed by atoms with van der Waals surface area (Å²) in [5, 5.41) is 4.84. The van der Waals surface area contributed by atoms with Crippen LogP contribution in [-0.4, -0.2) is 30.9 Å². The van der Waals surface area contributed by atoms with Gasteiger partial charge in [0.05, 0.1) is 0 Å². The number of nitrogens with zero attached hydrogens (tertiary/aromatic N) is 2. The summed E-state index contributed by atoms with van der Waals surface area (Å²) in [6.45, 7) is 0. The minimum atomic E-state index is -3.50. The molecule has 2 aromatic rings. The molecule has 17 heavy (non-hydrogen) atoms. The van der Waals surface area contributed by atoms with E-state index >= 15 is 0 Å². The first-order valence-electron chi connectivity index (χ1n) is 5.27. The van der Waals surface area contributed by atoms with Gasteiger partial charge in [-0.3, -0.25) is 4.40 Å². The van der Waals surface area contributed by atoms with E-state index in [2.05, 4.69) is 15.0 Å². The fourth-order valence-corrected chi connectivity index (χ4v) is 4.03. The highest BCUT2D eigenvalue weighted by Crippen LogP contribution is 2.28. The van der Waals surface area contributed by atoms with Crippen molar-refractivity contribution in [3.05, 3.63) is 11.6 Å². The van der Waals surface area contributed by atoms with Gasteiger partial charge in [-0.05, 0) is 12.8 Å². The van der Waals surface area contributed by atoms with Gasteiger partial charge >= 0.3 is 0 Å². The summed E-state index contributed by atoms with van der Waals surface area (Å²) in [5.74, 6) is 0.394. The van der Waals surface area contributed by atoms with Gasteiger partial charge in [0.1, 0.15) is 0 Å². The molecule has 0 aliphatic heterocycles. The van der Waals surface area contributed by atoms with Crippen molar-refractivity contribution < 1.29 is 8.42 Å². The molecular weight excluding hydrogens is 260 g/mol. The van der Waals surface area contributed by atoms with Crippen LogP contribution in [0.2, 0.25) is 0 Å². The second-order valence-electron chi connectivity index (χ2n) is 3.97. The van der Waals surface area contributed by atoms with Crippen molar-refractivity contribution in [3.63, 3.8) is 0 Å². The van der Waals surface area contributed by atoms with Gasteiger partial charge in [0.15, 0.2) is 15.8 Å². The van der Waals surface area contributed by atoms with E-state index in [1.165, 1.54) is 11.3 Å². The number of anilines is 1. The Hall–Kier alpha value is -1.12. The van der Waals surface area contributed by atoms with E-state index in [0.29, 0.717) is 10.8 Å². The lowest BCUT2D eigenvalue weighted by Crippen LogP contribution is -2.27. The fraction of sp³-hybridized carbons (Fsp3) is 0.444. The van der Waals surface area contributed by atoms with Crippen LogP contribution in [0.3, 0.4) is 0 Å². The van der Waals surface area contributed by atoms with E-state index in [1.54, 1.807) is 17.6 Å². The van der Waals surface area contributed by atoms with Crippen molar-refractivity contribution in [2.75, 3.05) is 12.4 Å². The molecule has 6 nitrogen and oxygen atoms in total. The van der Waals surface area contributed by atoms with E-state index in [9.17, 15) is 8.42 Å². The van der Waals surface area contributed by atoms with Gasteiger partial charge in [-0.25, -0.2) is 18.1 Å². The molecule has 8 heteroatoms. The summed E-state index contributed by atoms with van der Waals surface area (Å²) in [5.41, 5.74) is 0. The molecule has 2 heterocycles. The fourth-order valence-electron chi connectivity index (χ4n) is 1.66. The number of fused-ring (bicyclic) bond motifs is 1. The molecule has 0 amide bonds. The Labute approximate surface area is 103 Å². The largest absolute Gasteiger partial charge is 0.371 e. The molecule has 0 unspecified atom stereocenters. The minimum Gasteiger partial charge on any atom is -0.371 e. The molecule has 1 saturated carbocycles. The molecule has 1 aliphatic rings. The lowest BCUT2D eigenvalue weighted by Gasteiger charge is -2.06. The normalized spacial score (nSPS) is 16.5. The van der Waals surface area contributed by atoms with E-state index in [4.69, 9.17) is 0 Å². The Balaban J connectivity index is 2.16. The van der Waals surface area contributed by atoms with Gasteiger partial charge in [-0.2, -0.15) is 0 Å². The molecule has 0 bridgehead atoms. The molecule has 0 radical (unpaired) electrons. The number of sulfonamides is 1. The minimum absolute atomic E-state index is 0.0916. The highest BCUT2D eigenvalue weighted by Gasteiger charge is 2.32. The van der Waals surface area contributed by atoms with Crippen molar-refractivity contribution in [3.8, 4) is 0 Å². The van der Waals surface area contributed by atoms with Crippen molar-refractivity contribution >= 4 is 32.1 Å². The van der Waals surface area contributed by atoms with Crippen LogP contribution in [0.5, 0.6) is 0 Å². The summed E-state index contributed by atoms with van der Waals surface area (Å²) in [6, 6.07) is 0.0916. The van der Waals surface area contributed by atoms with Gasteiger partial charge in [-0.15, -0.1) is 11.3 Å². The molecule has 2 aromatic heterocycles. The molecule has 0 atom stereocenters. The molecule has 0 spiro atoms. The van der Waals surface area contributed by atoms with Crippen LogP contribution >= 0.6 is 11.3 Å². The average Bonchev–Trinajstić information content (AvgIpc) is 2.83. The number of imidazole rings is 1. The maximum atomic E-state index is 12.2. The van der Waals surface area contributed by atoms with Crippen LogP contribution in [0.15, 0.2) is 16.6 Å². The zero-order valence-corrected chi connectivity index (χ0v) is 10.8. The molecule has 3 rings (SSSR count). The van der Waals surface area contributed by atoms with Crippen LogP contribution in [-0.2, 0) is 10.0 Å². The van der Waals surface area contributed by atoms with Crippen molar-refractivity contribution in [1.29, 1.82) is 0 Å². The van der Waals surface area contributed by atoms with E-state index in [-0.39, 0.29) is 11.1 Å². The molecule has 2 N–H and O–H groups in total. The Morgan fingerprint density at radius 1 is 1.53 bits per heavy atom. The third-order valence-corrected chi connectivity index (χ3v) is 4.91. The number of hydrogen-bond acceptors (Lipinski definition) is 5. The molecule has 0 saturated heterocycles. The third kappa shape index (κ3) is 1.81. The van der Waals surface area contributed by atoms with Gasteiger partial charge in [0.25, 0.3) is 10.0 Å². The standard InChI is InChI=1S/C9H12N4O2S2/c1-10-7-8(13-4-5-16-9(13)11-7)17(14,15)12-6-2-3-6/h4-6,10,12H,2-3H2,1H3. The zero-order chi connectivity index (χ0) is 12.0. The highest BCUT2D eigenvalue weighted by molar-refractivity contribution is 7.89. The summed E-state index contributed by atoms with van der Waals surface area (Å²) < 4.78 is 28.7. The van der Waals surface area contributed by atoms with Gasteiger partial charge in [-0.1, -0.05) is 0 Å². The molecule has 1 aliphatic carbocycles. The summed E-state index contributed by atoms with van der Waals surface area (Å²) in [6.07, 6.45) is 3.55. The van der Waals surface area contributed by atoms with E-state index in [0.717, 1.165) is 12.8 Å². The van der Waals surface area contributed by atoms with Crippen LogP contribution < -0.4 is 10.0 Å². The van der Waals surface area contributed by atoms with Crippen molar-refractivity contribution in [2.45, 2.75) is 23.9 Å². The first kappa shape index (κ1) is 11.0. The number of rotatable bonds is 4. The van der Waals surface area contributed by atoms with Gasteiger partial charge < -0.3 is 5.32 Å². The monoisotopic (exact) mass is 272 g/mol. The second-order valence-corrected chi connectivity index (χ2v) is 6.47. The van der Waals surface area contributed by atoms with E-state index in [1.807, 2.05) is 5.38 Å². The molecular formula is C9H12N4O2S2. The first-order chi connectivity index (χ1) is 8.12. The maximum absolute atomic E-state index is 12.2. The molecule has 1 fully saturated rings. The Morgan fingerprint density at radius 2 is 2.29 bits per heavy atom. The predicted octanol–water partition coefficient (Wildman–Crippen LogP) is 0.878. The third-order valence-electron chi connectivity index (χ3n) is 2.61. The van der Waals surface area contributed by atoms with Crippen LogP contribution in [0.1, 0.15) is 12.8 Å². The Morgan fingerprint density at radius 3 is 2.94 bits per heavy atom. The van der Waals surface area contributed by atoms with Crippen molar-refractivity contribution in [1.82, 2.24) is 14.1 Å². The summed E-state index contributed by atoms with van der Waals surface area (Å²) in [4.78, 5) is 4.91. The predicted molar refractivity (Wildman–Crippen MR) is 66.0 cm³/mol. The Bertz CT molecular complexity index is 654. The lowest BCUT2D eigenvalue weighted by atomic mass is 10.7. The summed E-state index contributed by atoms with van der Waals surface area (Å²) >= 11 is 1.41. The quantitative estimate of drug-likeness (QED) is 0.866. The molecule has 92 valence electrons. The lowest BCUT2D eigenvalue weighted by molar-refractivity contribution is 0.576. The highest BCUT2D eigenvalue weighted by atomic mass is 32.2. The average molecular weight is 272 g/mol. The van der Waals surface area contributed by atoms with Crippen molar-refractivity contribution in [2.24, 2.45) is 0 Å². The van der Waals surface area contributed by atoms with Crippen LogP contribution in [0, 0.1) is 0 Å². The van der Waals surface area contributed by atoms with E-state index < -0.39 is 10.0 Å². The number of hydrogen-bond donors (Lipinski definition) is 2. The SMILES string of the molecule is CNc1nc2sccn2c1S(=O)(=O)NC1CC1. The topological polar surface area (TPSA) is 75.5 Å². The number of thiazole rings is 1. The second kappa shape index (κ2) is 3.69. The van der Waals surface area contributed by atoms with Gasteiger partial charge in [0.2, 0.25) is 0 Å². The maximum Gasteiger partial charge on any atom is 0.260 e. The first-order valence-corrected chi connectivity index (χ1v) is 7.64. The van der Waals surface area contributed by atoms with Crippen LogP contribution in [0.25, 0.3) is 4.96 Å². The number of aromatic nitrogens is 2. The van der Waals surface area contributed by atoms with Crippen LogP contribution in [0.4, 0.5) is 5.82 Å². The summed E-state index contributed by atoms with van der Waals surface area (Å²) in [7, 11) is -1.83. The zero-order valence-electron chi connectivity index (χ0n) is 9.17. The van der Waals surface area contributed by atoms with Gasteiger partial charge in [0, 0.05) is 24.7 Å².